The van der Waals surface area contributed by atoms with Crippen molar-refractivity contribution in [2.24, 2.45) is 0 Å². The third-order valence-corrected chi connectivity index (χ3v) is 7.22. The molecule has 0 radical (unpaired) electrons. The van der Waals surface area contributed by atoms with Crippen molar-refractivity contribution < 1.29 is 19.1 Å². The highest BCUT2D eigenvalue weighted by atomic mass is 16.5. The molecule has 3 rings (SSSR count). The molecule has 0 saturated carbocycles. The number of nitrogens with zero attached hydrogens (tertiary/aromatic N) is 1. The molecule has 1 atom stereocenters. The van der Waals surface area contributed by atoms with Crippen molar-refractivity contribution in [3.05, 3.63) is 59.7 Å². The van der Waals surface area contributed by atoms with Crippen LogP contribution < -0.4 is 14.8 Å². The molecule has 0 aliphatic carbocycles. The Hall–Kier alpha value is -2.86. The van der Waals surface area contributed by atoms with Crippen molar-refractivity contribution in [2.75, 3.05) is 33.4 Å². The van der Waals surface area contributed by atoms with E-state index in [2.05, 4.69) is 41.4 Å². The van der Waals surface area contributed by atoms with Crippen molar-refractivity contribution in [3.63, 3.8) is 0 Å². The van der Waals surface area contributed by atoms with Crippen LogP contribution >= 0.6 is 0 Å². The SMILES string of the molecule is CCCCOc1ccc(CCCC(CN2CCCC2)NC(=O)CCCCC(=O)c2ccc(OC)cc2)cc1. The summed E-state index contributed by atoms with van der Waals surface area (Å²) in [5, 5.41) is 3.30. The largest absolute Gasteiger partial charge is 0.497 e. The molecule has 1 amide bonds. The fraction of sp³-hybridized carbons (Fsp3) is 0.562. The number of hydrogen-bond donors (Lipinski definition) is 1. The number of hydrogen-bond acceptors (Lipinski definition) is 5. The molecule has 208 valence electrons. The first-order valence-corrected chi connectivity index (χ1v) is 14.5. The van der Waals surface area contributed by atoms with Crippen LogP contribution in [0.15, 0.2) is 48.5 Å². The molecule has 1 unspecified atom stereocenters. The summed E-state index contributed by atoms with van der Waals surface area (Å²) >= 11 is 0. The molecule has 1 fully saturated rings. The van der Waals surface area contributed by atoms with Crippen LogP contribution in [-0.4, -0.2) is 56.0 Å². The van der Waals surface area contributed by atoms with E-state index in [0.717, 1.165) is 76.3 Å². The Morgan fingerprint density at radius 3 is 2.26 bits per heavy atom. The van der Waals surface area contributed by atoms with E-state index in [0.29, 0.717) is 24.8 Å². The minimum Gasteiger partial charge on any atom is -0.497 e. The maximum absolute atomic E-state index is 12.7. The molecule has 2 aromatic rings. The molecule has 1 aliphatic heterocycles. The lowest BCUT2D eigenvalue weighted by atomic mass is 10.0. The van der Waals surface area contributed by atoms with Gasteiger partial charge in [0.1, 0.15) is 11.5 Å². The summed E-state index contributed by atoms with van der Waals surface area (Å²) in [6, 6.07) is 15.8. The fourth-order valence-electron chi connectivity index (χ4n) is 4.92. The summed E-state index contributed by atoms with van der Waals surface area (Å²) in [5.74, 6) is 1.89. The van der Waals surface area contributed by atoms with Gasteiger partial charge in [-0.2, -0.15) is 0 Å². The fourth-order valence-corrected chi connectivity index (χ4v) is 4.92. The molecular formula is C32H46N2O4. The number of rotatable bonds is 18. The van der Waals surface area contributed by atoms with Crippen LogP contribution in [0.25, 0.3) is 0 Å². The summed E-state index contributed by atoms with van der Waals surface area (Å²) in [6.07, 6.45) is 10.1. The normalized spacial score (nSPS) is 14.3. The number of aryl methyl sites for hydroxylation is 1. The van der Waals surface area contributed by atoms with E-state index in [4.69, 9.17) is 9.47 Å². The maximum Gasteiger partial charge on any atom is 0.220 e. The second-order valence-electron chi connectivity index (χ2n) is 10.4. The molecule has 0 aromatic heterocycles. The van der Waals surface area contributed by atoms with Crippen molar-refractivity contribution in [2.45, 2.75) is 83.6 Å². The topological polar surface area (TPSA) is 67.9 Å². The first-order valence-electron chi connectivity index (χ1n) is 14.5. The lowest BCUT2D eigenvalue weighted by Gasteiger charge is -2.24. The Kier molecular flexibility index (Phi) is 13.2. The Labute approximate surface area is 229 Å². The van der Waals surface area contributed by atoms with Gasteiger partial charge in [-0.25, -0.2) is 0 Å². The third-order valence-electron chi connectivity index (χ3n) is 7.22. The third kappa shape index (κ3) is 10.9. The number of ether oxygens (including phenoxy) is 2. The summed E-state index contributed by atoms with van der Waals surface area (Å²) in [7, 11) is 1.61. The molecule has 38 heavy (non-hydrogen) atoms. The van der Waals surface area contributed by atoms with E-state index in [1.807, 2.05) is 0 Å². The summed E-state index contributed by atoms with van der Waals surface area (Å²) < 4.78 is 10.9. The number of ketones is 1. The second-order valence-corrected chi connectivity index (χ2v) is 10.4. The average Bonchev–Trinajstić information content (AvgIpc) is 3.45. The number of amides is 1. The van der Waals surface area contributed by atoms with Crippen molar-refractivity contribution in [1.29, 1.82) is 0 Å². The molecule has 6 nitrogen and oxygen atoms in total. The summed E-state index contributed by atoms with van der Waals surface area (Å²) in [4.78, 5) is 27.6. The molecule has 1 N–H and O–H groups in total. The van der Waals surface area contributed by atoms with Gasteiger partial charge in [0.25, 0.3) is 0 Å². The van der Waals surface area contributed by atoms with Gasteiger partial charge in [0.15, 0.2) is 5.78 Å². The van der Waals surface area contributed by atoms with Gasteiger partial charge >= 0.3 is 0 Å². The number of Topliss-reactive ketones (excluding diaryl/α,β-unsaturated/α-hetero) is 1. The van der Waals surface area contributed by atoms with E-state index >= 15 is 0 Å². The standard InChI is InChI=1S/C32H46N2O4/c1-3-4-24-38-30-18-14-26(15-19-30)10-9-11-28(25-34-22-7-8-23-34)33-32(36)13-6-5-12-31(35)27-16-20-29(37-2)21-17-27/h14-21,28H,3-13,22-25H2,1-2H3,(H,33,36). The molecule has 0 spiro atoms. The number of likely N-dealkylation sites (tertiary alicyclic amines) is 1. The lowest BCUT2D eigenvalue weighted by molar-refractivity contribution is -0.122. The van der Waals surface area contributed by atoms with Gasteiger partial charge in [0.05, 0.1) is 13.7 Å². The smallest absolute Gasteiger partial charge is 0.220 e. The number of methoxy groups -OCH3 is 1. The van der Waals surface area contributed by atoms with Gasteiger partial charge in [0, 0.05) is 31.0 Å². The van der Waals surface area contributed by atoms with Crippen molar-refractivity contribution in [1.82, 2.24) is 10.2 Å². The molecule has 1 aliphatic rings. The number of carbonyl (C=O) groups is 2. The van der Waals surface area contributed by atoms with E-state index in [-0.39, 0.29) is 17.7 Å². The van der Waals surface area contributed by atoms with Crippen LogP contribution in [0.2, 0.25) is 0 Å². The first-order chi connectivity index (χ1) is 18.6. The van der Waals surface area contributed by atoms with Crippen LogP contribution in [0.5, 0.6) is 11.5 Å². The molecule has 0 bridgehead atoms. The van der Waals surface area contributed by atoms with Crippen LogP contribution in [0.4, 0.5) is 0 Å². The van der Waals surface area contributed by atoms with Crippen LogP contribution in [-0.2, 0) is 11.2 Å². The summed E-state index contributed by atoms with van der Waals surface area (Å²) in [6.45, 7) is 6.11. The monoisotopic (exact) mass is 522 g/mol. The van der Waals surface area contributed by atoms with E-state index in [1.54, 1.807) is 31.4 Å². The lowest BCUT2D eigenvalue weighted by Crippen LogP contribution is -2.43. The number of carbonyl (C=O) groups excluding carboxylic acids is 2. The predicted octanol–water partition coefficient (Wildman–Crippen LogP) is 6.22. The van der Waals surface area contributed by atoms with E-state index in [9.17, 15) is 9.59 Å². The minimum atomic E-state index is 0.0969. The van der Waals surface area contributed by atoms with Gasteiger partial charge in [-0.1, -0.05) is 25.5 Å². The zero-order valence-electron chi connectivity index (χ0n) is 23.4. The molecule has 6 heteroatoms. The first kappa shape index (κ1) is 29.7. The van der Waals surface area contributed by atoms with Gasteiger partial charge in [-0.05, 0) is 106 Å². The molecular weight excluding hydrogens is 476 g/mol. The Morgan fingerprint density at radius 2 is 1.58 bits per heavy atom. The second kappa shape index (κ2) is 16.9. The van der Waals surface area contributed by atoms with E-state index in [1.165, 1.54) is 18.4 Å². The average molecular weight is 523 g/mol. The zero-order chi connectivity index (χ0) is 27.0. The number of benzene rings is 2. The van der Waals surface area contributed by atoms with Gasteiger partial charge in [-0.15, -0.1) is 0 Å². The quantitative estimate of drug-likeness (QED) is 0.186. The molecule has 2 aromatic carbocycles. The number of unbranched alkanes of at least 4 members (excludes halogenated alkanes) is 2. The molecule has 1 saturated heterocycles. The minimum absolute atomic E-state index is 0.0969. The van der Waals surface area contributed by atoms with Crippen LogP contribution in [0, 0.1) is 0 Å². The van der Waals surface area contributed by atoms with Gasteiger partial charge < -0.3 is 19.7 Å². The zero-order valence-corrected chi connectivity index (χ0v) is 23.4. The maximum atomic E-state index is 12.7. The Morgan fingerprint density at radius 1 is 0.895 bits per heavy atom. The van der Waals surface area contributed by atoms with Crippen molar-refractivity contribution >= 4 is 11.7 Å². The highest BCUT2D eigenvalue weighted by molar-refractivity contribution is 5.96. The van der Waals surface area contributed by atoms with Crippen LogP contribution in [0.3, 0.4) is 0 Å². The highest BCUT2D eigenvalue weighted by Crippen LogP contribution is 2.17. The summed E-state index contributed by atoms with van der Waals surface area (Å²) in [5.41, 5.74) is 2.00. The van der Waals surface area contributed by atoms with Crippen LogP contribution in [0.1, 0.15) is 87.1 Å². The van der Waals surface area contributed by atoms with Gasteiger partial charge in [-0.3, -0.25) is 9.59 Å². The highest BCUT2D eigenvalue weighted by Gasteiger charge is 2.19. The van der Waals surface area contributed by atoms with E-state index < -0.39 is 0 Å². The van der Waals surface area contributed by atoms with Crippen molar-refractivity contribution in [3.8, 4) is 11.5 Å². The van der Waals surface area contributed by atoms with Gasteiger partial charge in [0.2, 0.25) is 5.91 Å². The Balaban J connectivity index is 1.38. The predicted molar refractivity (Wildman–Crippen MR) is 153 cm³/mol. The Bertz CT molecular complexity index is 952. The number of nitrogens with one attached hydrogen (secondary N) is 1. The molecule has 1 heterocycles.